The van der Waals surface area contributed by atoms with Gasteiger partial charge in [-0.3, -0.25) is 14.9 Å². The van der Waals surface area contributed by atoms with Gasteiger partial charge in [-0.05, 0) is 49.2 Å². The molecule has 0 unspecified atom stereocenters. The highest BCUT2D eigenvalue weighted by Gasteiger charge is 2.14. The van der Waals surface area contributed by atoms with E-state index >= 15 is 0 Å². The Kier molecular flexibility index (Phi) is 7.21. The number of aromatic nitrogens is 1. The van der Waals surface area contributed by atoms with Gasteiger partial charge < -0.3 is 9.30 Å². The molecule has 4 aromatic rings. The SMILES string of the molecule is CCCOc1ccc(C(=O)N/N=C\c2c(C)n(Cc3ccc([N+](=O)[O-])cc3)c3ccccc23)cc1. The van der Waals surface area contributed by atoms with Crippen molar-refractivity contribution in [1.29, 1.82) is 0 Å². The van der Waals surface area contributed by atoms with E-state index in [4.69, 9.17) is 4.74 Å². The van der Waals surface area contributed by atoms with Crippen LogP contribution in [-0.4, -0.2) is 28.2 Å². The summed E-state index contributed by atoms with van der Waals surface area (Å²) in [6.45, 7) is 5.21. The molecule has 35 heavy (non-hydrogen) atoms. The van der Waals surface area contributed by atoms with Crippen molar-refractivity contribution in [3.8, 4) is 5.75 Å². The number of rotatable bonds is 9. The van der Waals surface area contributed by atoms with Gasteiger partial charge in [-0.1, -0.05) is 37.3 Å². The molecule has 8 heteroatoms. The van der Waals surface area contributed by atoms with Crippen LogP contribution < -0.4 is 10.2 Å². The number of benzene rings is 3. The second-order valence-corrected chi connectivity index (χ2v) is 8.10. The molecule has 0 atom stereocenters. The number of nitrogens with zero attached hydrogens (tertiary/aromatic N) is 3. The number of para-hydroxylation sites is 1. The normalized spacial score (nSPS) is 11.1. The number of nitrogens with one attached hydrogen (secondary N) is 1. The van der Waals surface area contributed by atoms with Crippen LogP contribution in [0.15, 0.2) is 77.9 Å². The Hall–Kier alpha value is -4.46. The molecule has 1 heterocycles. The average molecular weight is 471 g/mol. The number of ether oxygens (including phenoxy) is 1. The molecule has 0 radical (unpaired) electrons. The van der Waals surface area contributed by atoms with Crippen molar-refractivity contribution in [2.45, 2.75) is 26.8 Å². The predicted octanol–water partition coefficient (Wildman–Crippen LogP) is 5.46. The van der Waals surface area contributed by atoms with Crippen LogP contribution in [0.4, 0.5) is 5.69 Å². The second kappa shape index (κ2) is 10.6. The quantitative estimate of drug-likeness (QED) is 0.199. The largest absolute Gasteiger partial charge is 0.494 e. The molecule has 0 aliphatic heterocycles. The Morgan fingerprint density at radius 2 is 1.80 bits per heavy atom. The zero-order valence-corrected chi connectivity index (χ0v) is 19.6. The smallest absolute Gasteiger partial charge is 0.271 e. The third-order valence-corrected chi connectivity index (χ3v) is 5.72. The summed E-state index contributed by atoms with van der Waals surface area (Å²) in [6, 6.07) is 21.4. The van der Waals surface area contributed by atoms with Crippen molar-refractivity contribution in [3.05, 3.63) is 105 Å². The van der Waals surface area contributed by atoms with E-state index in [0.717, 1.165) is 39.9 Å². The van der Waals surface area contributed by atoms with Crippen LogP contribution >= 0.6 is 0 Å². The molecule has 0 aliphatic carbocycles. The zero-order chi connectivity index (χ0) is 24.8. The first-order chi connectivity index (χ1) is 17.0. The summed E-state index contributed by atoms with van der Waals surface area (Å²) < 4.78 is 7.68. The number of fused-ring (bicyclic) bond motifs is 1. The van der Waals surface area contributed by atoms with E-state index in [1.807, 2.05) is 38.1 Å². The fraction of sp³-hybridized carbons (Fsp3) is 0.185. The number of carbonyl (C=O) groups is 1. The first-order valence-corrected chi connectivity index (χ1v) is 11.4. The lowest BCUT2D eigenvalue weighted by Gasteiger charge is -2.08. The first-order valence-electron chi connectivity index (χ1n) is 11.4. The van der Waals surface area contributed by atoms with Crippen molar-refractivity contribution >= 4 is 28.7 Å². The second-order valence-electron chi connectivity index (χ2n) is 8.10. The summed E-state index contributed by atoms with van der Waals surface area (Å²) in [5.74, 6) is 0.416. The van der Waals surface area contributed by atoms with Crippen molar-refractivity contribution in [1.82, 2.24) is 9.99 Å². The fourth-order valence-electron chi connectivity index (χ4n) is 3.87. The Morgan fingerprint density at radius 3 is 2.49 bits per heavy atom. The molecule has 178 valence electrons. The van der Waals surface area contributed by atoms with Crippen LogP contribution in [0.25, 0.3) is 10.9 Å². The van der Waals surface area contributed by atoms with E-state index in [0.29, 0.717) is 18.7 Å². The minimum Gasteiger partial charge on any atom is -0.494 e. The van der Waals surface area contributed by atoms with Gasteiger partial charge in [0, 0.05) is 46.4 Å². The topological polar surface area (TPSA) is 98.8 Å². The van der Waals surface area contributed by atoms with Crippen molar-refractivity contribution in [2.24, 2.45) is 5.10 Å². The highest BCUT2D eigenvalue weighted by Crippen LogP contribution is 2.26. The maximum absolute atomic E-state index is 12.5. The lowest BCUT2D eigenvalue weighted by molar-refractivity contribution is -0.384. The minimum atomic E-state index is -0.405. The summed E-state index contributed by atoms with van der Waals surface area (Å²) in [6.07, 6.45) is 2.57. The van der Waals surface area contributed by atoms with Gasteiger partial charge in [0.15, 0.2) is 0 Å². The van der Waals surface area contributed by atoms with Gasteiger partial charge in [0.2, 0.25) is 0 Å². The summed E-state index contributed by atoms with van der Waals surface area (Å²) in [5.41, 5.74) is 6.97. The molecule has 3 aromatic carbocycles. The summed E-state index contributed by atoms with van der Waals surface area (Å²) in [5, 5.41) is 16.2. The molecular formula is C27H26N4O4. The molecule has 1 N–H and O–H groups in total. The van der Waals surface area contributed by atoms with Gasteiger partial charge in [0.1, 0.15) is 5.75 Å². The Morgan fingerprint density at radius 1 is 1.09 bits per heavy atom. The monoisotopic (exact) mass is 470 g/mol. The number of nitro groups is 1. The summed E-state index contributed by atoms with van der Waals surface area (Å²) in [4.78, 5) is 23.1. The molecule has 4 rings (SSSR count). The molecule has 0 fully saturated rings. The highest BCUT2D eigenvalue weighted by atomic mass is 16.6. The standard InChI is InChI=1S/C27H26N4O4/c1-3-16-35-23-14-10-21(11-15-23)27(32)29-28-17-25-19(2)30(26-7-5-4-6-24(25)26)18-20-8-12-22(13-9-20)31(33)34/h4-15,17H,3,16,18H2,1-2H3,(H,29,32)/b28-17-. The number of nitro benzene ring substituents is 1. The van der Waals surface area contributed by atoms with Crippen LogP contribution in [0.1, 0.15) is 40.5 Å². The molecule has 1 amide bonds. The van der Waals surface area contributed by atoms with E-state index < -0.39 is 4.92 Å². The summed E-state index contributed by atoms with van der Waals surface area (Å²) in [7, 11) is 0. The highest BCUT2D eigenvalue weighted by molar-refractivity contribution is 6.02. The number of hydrazone groups is 1. The van der Waals surface area contributed by atoms with Crippen LogP contribution in [-0.2, 0) is 6.54 Å². The number of hydrogen-bond donors (Lipinski definition) is 1. The molecule has 0 aliphatic rings. The van der Waals surface area contributed by atoms with Crippen LogP contribution in [0, 0.1) is 17.0 Å². The number of non-ortho nitro benzene ring substituents is 1. The predicted molar refractivity (Wildman–Crippen MR) is 136 cm³/mol. The first kappa shape index (κ1) is 23.7. The fourth-order valence-corrected chi connectivity index (χ4v) is 3.87. The van der Waals surface area contributed by atoms with Crippen molar-refractivity contribution < 1.29 is 14.5 Å². The van der Waals surface area contributed by atoms with Crippen molar-refractivity contribution in [3.63, 3.8) is 0 Å². The maximum atomic E-state index is 12.5. The van der Waals surface area contributed by atoms with E-state index in [2.05, 4.69) is 15.1 Å². The molecule has 0 saturated heterocycles. The van der Waals surface area contributed by atoms with Crippen LogP contribution in [0.3, 0.4) is 0 Å². The third-order valence-electron chi connectivity index (χ3n) is 5.72. The molecule has 1 aromatic heterocycles. The Balaban J connectivity index is 1.53. The Labute approximate surface area is 203 Å². The van der Waals surface area contributed by atoms with E-state index in [-0.39, 0.29) is 11.6 Å². The average Bonchev–Trinajstić information content (AvgIpc) is 3.14. The maximum Gasteiger partial charge on any atom is 0.271 e. The van der Waals surface area contributed by atoms with Gasteiger partial charge in [0.05, 0.1) is 17.7 Å². The van der Waals surface area contributed by atoms with Gasteiger partial charge in [-0.15, -0.1) is 0 Å². The third kappa shape index (κ3) is 5.38. The molecular weight excluding hydrogens is 444 g/mol. The molecule has 0 spiro atoms. The van der Waals surface area contributed by atoms with E-state index in [1.54, 1.807) is 42.6 Å². The van der Waals surface area contributed by atoms with E-state index in [9.17, 15) is 14.9 Å². The minimum absolute atomic E-state index is 0.0644. The number of amides is 1. The van der Waals surface area contributed by atoms with Gasteiger partial charge in [0.25, 0.3) is 11.6 Å². The van der Waals surface area contributed by atoms with Crippen LogP contribution in [0.2, 0.25) is 0 Å². The van der Waals surface area contributed by atoms with Gasteiger partial charge in [-0.25, -0.2) is 5.43 Å². The van der Waals surface area contributed by atoms with E-state index in [1.165, 1.54) is 12.1 Å². The lowest BCUT2D eigenvalue weighted by atomic mass is 10.1. The number of carbonyl (C=O) groups excluding carboxylic acids is 1. The van der Waals surface area contributed by atoms with Crippen LogP contribution in [0.5, 0.6) is 5.75 Å². The zero-order valence-electron chi connectivity index (χ0n) is 19.6. The Bertz CT molecular complexity index is 1370. The lowest BCUT2D eigenvalue weighted by Crippen LogP contribution is -2.17. The summed E-state index contributed by atoms with van der Waals surface area (Å²) >= 11 is 0. The van der Waals surface area contributed by atoms with Gasteiger partial charge >= 0.3 is 0 Å². The molecule has 8 nitrogen and oxygen atoms in total. The van der Waals surface area contributed by atoms with Crippen molar-refractivity contribution in [2.75, 3.05) is 6.61 Å². The molecule has 0 bridgehead atoms. The van der Waals surface area contributed by atoms with Gasteiger partial charge in [-0.2, -0.15) is 5.10 Å². The molecule has 0 saturated carbocycles. The number of hydrogen-bond acceptors (Lipinski definition) is 5.